The Balaban J connectivity index is 1.45. The van der Waals surface area contributed by atoms with E-state index < -0.39 is 0 Å². The van der Waals surface area contributed by atoms with Crippen molar-refractivity contribution in [1.82, 2.24) is 19.7 Å². The van der Waals surface area contributed by atoms with Crippen LogP contribution in [0.15, 0.2) is 71.9 Å². The molecule has 0 aliphatic heterocycles. The van der Waals surface area contributed by atoms with E-state index in [9.17, 15) is 4.79 Å². The number of carbonyl (C=O) groups excluding carboxylic acids is 1. The lowest BCUT2D eigenvalue weighted by Gasteiger charge is -2.08. The molecule has 7 heteroatoms. The molecule has 0 aliphatic rings. The fraction of sp³-hybridized carbons (Fsp3) is 0.100. The Bertz CT molecular complexity index is 1090. The first-order chi connectivity index (χ1) is 13.2. The molecule has 0 saturated carbocycles. The predicted octanol–water partition coefficient (Wildman–Crippen LogP) is 3.85. The molecule has 0 radical (unpaired) electrons. The van der Waals surface area contributed by atoms with Crippen molar-refractivity contribution in [2.45, 2.75) is 11.9 Å². The number of thioether (sulfide) groups is 1. The topological polar surface area (TPSA) is 72.7 Å². The molecule has 0 aliphatic carbocycles. The van der Waals surface area contributed by atoms with E-state index in [-0.39, 0.29) is 11.7 Å². The summed E-state index contributed by atoms with van der Waals surface area (Å²) in [5, 5.41) is 8.11. The van der Waals surface area contributed by atoms with Gasteiger partial charge in [-0.3, -0.25) is 9.78 Å². The van der Waals surface area contributed by atoms with Gasteiger partial charge in [-0.2, -0.15) is 5.10 Å². The van der Waals surface area contributed by atoms with Gasteiger partial charge in [0, 0.05) is 6.07 Å². The molecule has 1 amide bonds. The third-order valence-corrected chi connectivity index (χ3v) is 4.78. The molecule has 134 valence electrons. The molecule has 0 spiro atoms. The molecule has 0 unspecified atom stereocenters. The fourth-order valence-corrected chi connectivity index (χ4v) is 3.32. The first kappa shape index (κ1) is 17.2. The van der Waals surface area contributed by atoms with Crippen LogP contribution in [0, 0.1) is 6.92 Å². The molecule has 2 heterocycles. The lowest BCUT2D eigenvalue weighted by atomic mass is 10.3. The van der Waals surface area contributed by atoms with Gasteiger partial charge in [0.2, 0.25) is 5.91 Å². The zero-order valence-corrected chi connectivity index (χ0v) is 15.5. The van der Waals surface area contributed by atoms with E-state index in [1.165, 1.54) is 11.8 Å². The van der Waals surface area contributed by atoms with E-state index >= 15 is 0 Å². The van der Waals surface area contributed by atoms with E-state index in [4.69, 9.17) is 0 Å². The Morgan fingerprint density at radius 3 is 2.63 bits per heavy atom. The first-order valence-corrected chi connectivity index (χ1v) is 9.44. The summed E-state index contributed by atoms with van der Waals surface area (Å²) in [5.74, 6) is 0.771. The summed E-state index contributed by atoms with van der Waals surface area (Å²) in [7, 11) is 0. The minimum atomic E-state index is -0.118. The average molecular weight is 375 g/mol. The molecule has 2 aromatic carbocycles. The highest BCUT2D eigenvalue weighted by atomic mass is 32.2. The van der Waals surface area contributed by atoms with Gasteiger partial charge in [0.05, 0.1) is 34.4 Å². The van der Waals surface area contributed by atoms with Crippen molar-refractivity contribution in [2.75, 3.05) is 11.1 Å². The Labute approximate surface area is 160 Å². The van der Waals surface area contributed by atoms with Crippen LogP contribution >= 0.6 is 11.8 Å². The number of amides is 1. The van der Waals surface area contributed by atoms with Gasteiger partial charge in [-0.15, -0.1) is 0 Å². The van der Waals surface area contributed by atoms with Gasteiger partial charge in [0.15, 0.2) is 0 Å². The maximum Gasteiger partial charge on any atom is 0.235 e. The van der Waals surface area contributed by atoms with Crippen LogP contribution in [0.25, 0.3) is 16.7 Å². The van der Waals surface area contributed by atoms with Crippen molar-refractivity contribution in [3.05, 3.63) is 72.6 Å². The number of aryl methyl sites for hydroxylation is 1. The number of anilines is 1. The van der Waals surface area contributed by atoms with Gasteiger partial charge in [-0.25, -0.2) is 9.67 Å². The Kier molecular flexibility index (Phi) is 4.84. The SMILES string of the molecule is Cc1cc(NC(=O)CSc2cnc3ccccc3n2)n(-c2ccccc2)n1. The zero-order chi connectivity index (χ0) is 18.6. The van der Waals surface area contributed by atoms with Crippen molar-refractivity contribution in [2.24, 2.45) is 0 Å². The Morgan fingerprint density at radius 1 is 1.07 bits per heavy atom. The Morgan fingerprint density at radius 2 is 1.81 bits per heavy atom. The van der Waals surface area contributed by atoms with Crippen LogP contribution < -0.4 is 5.32 Å². The van der Waals surface area contributed by atoms with Gasteiger partial charge in [-0.1, -0.05) is 42.1 Å². The molecule has 0 atom stereocenters. The van der Waals surface area contributed by atoms with Crippen LogP contribution in [0.2, 0.25) is 0 Å². The minimum absolute atomic E-state index is 0.118. The molecule has 4 rings (SSSR count). The van der Waals surface area contributed by atoms with Crippen LogP contribution in [-0.4, -0.2) is 31.4 Å². The second kappa shape index (κ2) is 7.59. The molecule has 4 aromatic rings. The third kappa shape index (κ3) is 3.98. The molecule has 0 saturated heterocycles. The number of rotatable bonds is 5. The summed E-state index contributed by atoms with van der Waals surface area (Å²) in [4.78, 5) is 21.3. The van der Waals surface area contributed by atoms with Crippen molar-refractivity contribution in [1.29, 1.82) is 0 Å². The first-order valence-electron chi connectivity index (χ1n) is 8.45. The summed E-state index contributed by atoms with van der Waals surface area (Å²) < 4.78 is 1.73. The normalized spacial score (nSPS) is 10.9. The van der Waals surface area contributed by atoms with Gasteiger partial charge in [0.1, 0.15) is 10.8 Å². The second-order valence-electron chi connectivity index (χ2n) is 5.95. The molecular formula is C20H17N5OS. The molecular weight excluding hydrogens is 358 g/mol. The number of nitrogens with one attached hydrogen (secondary N) is 1. The largest absolute Gasteiger partial charge is 0.310 e. The van der Waals surface area contributed by atoms with E-state index in [2.05, 4.69) is 20.4 Å². The van der Waals surface area contributed by atoms with Crippen molar-refractivity contribution in [3.8, 4) is 5.69 Å². The number of fused-ring (bicyclic) bond motifs is 1. The smallest absolute Gasteiger partial charge is 0.235 e. The van der Waals surface area contributed by atoms with Crippen molar-refractivity contribution in [3.63, 3.8) is 0 Å². The third-order valence-electron chi connectivity index (χ3n) is 3.88. The molecule has 6 nitrogen and oxygen atoms in total. The number of aromatic nitrogens is 4. The molecule has 0 fully saturated rings. The lowest BCUT2D eigenvalue weighted by molar-refractivity contribution is -0.113. The number of nitrogens with zero attached hydrogens (tertiary/aromatic N) is 4. The lowest BCUT2D eigenvalue weighted by Crippen LogP contribution is -2.17. The van der Waals surface area contributed by atoms with E-state index in [0.29, 0.717) is 5.82 Å². The van der Waals surface area contributed by atoms with Crippen LogP contribution in [0.3, 0.4) is 0 Å². The molecule has 0 bridgehead atoms. The highest BCUT2D eigenvalue weighted by molar-refractivity contribution is 7.99. The molecule has 1 N–H and O–H groups in total. The van der Waals surface area contributed by atoms with Crippen molar-refractivity contribution >= 4 is 34.5 Å². The van der Waals surface area contributed by atoms with E-state index in [0.717, 1.165) is 27.4 Å². The fourth-order valence-electron chi connectivity index (χ4n) is 2.68. The molecule has 27 heavy (non-hydrogen) atoms. The van der Waals surface area contributed by atoms with Gasteiger partial charge in [0.25, 0.3) is 0 Å². The summed E-state index contributed by atoms with van der Waals surface area (Å²) >= 11 is 1.36. The number of hydrogen-bond acceptors (Lipinski definition) is 5. The summed E-state index contributed by atoms with van der Waals surface area (Å²) in [5.41, 5.74) is 3.39. The standard InChI is InChI=1S/C20H17N5OS/c1-14-11-18(25(24-14)15-7-3-2-4-8-15)23-19(26)13-27-20-12-21-16-9-5-6-10-17(16)22-20/h2-12H,13H2,1H3,(H,23,26). The van der Waals surface area contributed by atoms with Gasteiger partial charge in [-0.05, 0) is 31.2 Å². The second-order valence-corrected chi connectivity index (χ2v) is 6.95. The van der Waals surface area contributed by atoms with Crippen LogP contribution in [0.1, 0.15) is 5.69 Å². The zero-order valence-electron chi connectivity index (χ0n) is 14.7. The van der Waals surface area contributed by atoms with Crippen LogP contribution in [0.4, 0.5) is 5.82 Å². The monoisotopic (exact) mass is 375 g/mol. The summed E-state index contributed by atoms with van der Waals surface area (Å²) in [6.45, 7) is 1.90. The average Bonchev–Trinajstić information content (AvgIpc) is 3.07. The predicted molar refractivity (Wildman–Crippen MR) is 107 cm³/mol. The maximum atomic E-state index is 12.4. The highest BCUT2D eigenvalue weighted by Crippen LogP contribution is 2.20. The summed E-state index contributed by atoms with van der Waals surface area (Å²) in [6, 6.07) is 19.2. The minimum Gasteiger partial charge on any atom is -0.310 e. The number of carbonyl (C=O) groups is 1. The van der Waals surface area contributed by atoms with Gasteiger partial charge >= 0.3 is 0 Å². The van der Waals surface area contributed by atoms with E-state index in [1.807, 2.05) is 67.6 Å². The van der Waals surface area contributed by atoms with Crippen LogP contribution in [0.5, 0.6) is 0 Å². The van der Waals surface area contributed by atoms with E-state index in [1.54, 1.807) is 10.9 Å². The number of benzene rings is 2. The van der Waals surface area contributed by atoms with Crippen LogP contribution in [-0.2, 0) is 4.79 Å². The quantitative estimate of drug-likeness (QED) is 0.536. The molecule has 2 aromatic heterocycles. The maximum absolute atomic E-state index is 12.4. The van der Waals surface area contributed by atoms with Gasteiger partial charge < -0.3 is 5.32 Å². The highest BCUT2D eigenvalue weighted by Gasteiger charge is 2.12. The summed E-state index contributed by atoms with van der Waals surface area (Å²) in [6.07, 6.45) is 1.69. The number of para-hydroxylation sites is 3. The Hall–Kier alpha value is -3.19. The van der Waals surface area contributed by atoms with Crippen molar-refractivity contribution < 1.29 is 4.79 Å². The number of hydrogen-bond donors (Lipinski definition) is 1.